The van der Waals surface area contributed by atoms with Crippen molar-refractivity contribution in [3.8, 4) is 11.4 Å². The predicted molar refractivity (Wildman–Crippen MR) is 166 cm³/mol. The van der Waals surface area contributed by atoms with Crippen LogP contribution >= 0.6 is 34.4 Å². The number of nitrogens with zero attached hydrogens (tertiary/aromatic N) is 5. The SMILES string of the molecule is COc1ccccc1-n1c(CNC(=O)c2cccs2)nnc1SCC(=O)N1N=C(c2cccs2)C[C@@H]1c1ccc(F)cc1. The van der Waals surface area contributed by atoms with Crippen LogP contribution in [0.15, 0.2) is 93.8 Å². The maximum absolute atomic E-state index is 13.7. The van der Waals surface area contributed by atoms with E-state index in [1.54, 1.807) is 41.2 Å². The van der Waals surface area contributed by atoms with Gasteiger partial charge in [-0.2, -0.15) is 5.10 Å². The molecule has 0 fully saturated rings. The third-order valence-corrected chi connectivity index (χ3v) is 9.43. The lowest BCUT2D eigenvalue weighted by Crippen LogP contribution is -2.28. The molecule has 1 atom stereocenters. The molecule has 0 radical (unpaired) electrons. The summed E-state index contributed by atoms with van der Waals surface area (Å²) in [4.78, 5) is 27.9. The minimum Gasteiger partial charge on any atom is -0.495 e. The molecule has 0 bridgehead atoms. The van der Waals surface area contributed by atoms with Crippen molar-refractivity contribution in [1.29, 1.82) is 0 Å². The summed E-state index contributed by atoms with van der Waals surface area (Å²) in [6.45, 7) is 0.115. The van der Waals surface area contributed by atoms with E-state index < -0.39 is 0 Å². The Bertz CT molecular complexity index is 1750. The van der Waals surface area contributed by atoms with Gasteiger partial charge in [-0.1, -0.05) is 48.2 Å². The van der Waals surface area contributed by atoms with E-state index in [9.17, 15) is 14.0 Å². The highest BCUT2D eigenvalue weighted by atomic mass is 32.2. The van der Waals surface area contributed by atoms with Crippen molar-refractivity contribution in [3.63, 3.8) is 0 Å². The van der Waals surface area contributed by atoms with Crippen LogP contribution in [0.4, 0.5) is 4.39 Å². The van der Waals surface area contributed by atoms with Crippen LogP contribution in [0.2, 0.25) is 0 Å². The summed E-state index contributed by atoms with van der Waals surface area (Å²) in [5, 5.41) is 22.1. The van der Waals surface area contributed by atoms with Crippen molar-refractivity contribution in [2.45, 2.75) is 24.2 Å². The number of hydrogen-bond acceptors (Lipinski definition) is 9. The van der Waals surface area contributed by atoms with Crippen LogP contribution in [0.3, 0.4) is 0 Å². The lowest BCUT2D eigenvalue weighted by atomic mass is 10.0. The molecule has 1 aliphatic rings. The first-order valence-corrected chi connectivity index (χ1v) is 16.0. The quantitative estimate of drug-likeness (QED) is 0.191. The van der Waals surface area contributed by atoms with Gasteiger partial charge in [-0.15, -0.1) is 32.9 Å². The van der Waals surface area contributed by atoms with Crippen LogP contribution in [0.5, 0.6) is 5.75 Å². The Morgan fingerprint density at radius 3 is 2.56 bits per heavy atom. The van der Waals surface area contributed by atoms with Crippen LogP contribution in [0.1, 0.15) is 38.4 Å². The summed E-state index contributed by atoms with van der Waals surface area (Å²) in [6.07, 6.45) is 0.522. The second-order valence-electron chi connectivity index (χ2n) is 9.39. The Kier molecular flexibility index (Phi) is 8.63. The van der Waals surface area contributed by atoms with E-state index >= 15 is 0 Å². The van der Waals surface area contributed by atoms with Crippen molar-refractivity contribution in [3.05, 3.63) is 111 Å². The first kappa shape index (κ1) is 28.8. The molecule has 1 aliphatic heterocycles. The molecule has 13 heteroatoms. The molecule has 1 N–H and O–H groups in total. The number of benzene rings is 2. The molecule has 0 aliphatic carbocycles. The van der Waals surface area contributed by atoms with Gasteiger partial charge in [-0.05, 0) is 52.7 Å². The summed E-state index contributed by atoms with van der Waals surface area (Å²) < 4.78 is 21.1. The first-order valence-electron chi connectivity index (χ1n) is 13.2. The van der Waals surface area contributed by atoms with Gasteiger partial charge < -0.3 is 10.1 Å². The van der Waals surface area contributed by atoms with Gasteiger partial charge in [-0.3, -0.25) is 14.2 Å². The molecule has 5 aromatic rings. The number of carbonyl (C=O) groups is 2. The van der Waals surface area contributed by atoms with E-state index in [1.165, 1.54) is 40.2 Å². The van der Waals surface area contributed by atoms with Gasteiger partial charge in [0.05, 0.1) is 46.6 Å². The molecule has 0 unspecified atom stereocenters. The Morgan fingerprint density at radius 2 is 1.81 bits per heavy atom. The predicted octanol–water partition coefficient (Wildman–Crippen LogP) is 5.94. The summed E-state index contributed by atoms with van der Waals surface area (Å²) in [6, 6.07) is 20.7. The molecular formula is C30H25FN6O3S3. The zero-order valence-corrected chi connectivity index (χ0v) is 25.3. The highest BCUT2D eigenvalue weighted by Crippen LogP contribution is 2.35. The van der Waals surface area contributed by atoms with E-state index in [0.29, 0.717) is 33.7 Å². The van der Waals surface area contributed by atoms with Gasteiger partial charge in [0.1, 0.15) is 11.6 Å². The summed E-state index contributed by atoms with van der Waals surface area (Å²) in [7, 11) is 1.57. The van der Waals surface area contributed by atoms with Crippen molar-refractivity contribution < 1.29 is 18.7 Å². The number of thiophene rings is 2. The largest absolute Gasteiger partial charge is 0.495 e. The second kappa shape index (κ2) is 12.9. The summed E-state index contributed by atoms with van der Waals surface area (Å²) >= 11 is 4.12. The molecule has 3 aromatic heterocycles. The number of nitrogens with one attached hydrogen (secondary N) is 1. The lowest BCUT2D eigenvalue weighted by Gasteiger charge is -2.22. The standard InChI is InChI=1S/C30H25FN6O3S3/c1-40-24-7-3-2-6-22(24)36-27(17-32-29(39)26-9-5-15-42-26)33-34-30(36)43-18-28(38)37-23(19-10-12-20(31)13-11-19)16-21(35-37)25-8-4-14-41-25/h2-15,23H,16-18H2,1H3,(H,32,39)/t23-/m1/s1. The van der Waals surface area contributed by atoms with Crippen LogP contribution in [-0.2, 0) is 11.3 Å². The van der Waals surface area contributed by atoms with Gasteiger partial charge in [-0.25, -0.2) is 9.40 Å². The monoisotopic (exact) mass is 632 g/mol. The normalized spacial score (nSPS) is 14.5. The Labute approximate surface area is 259 Å². The molecule has 0 saturated heterocycles. The van der Waals surface area contributed by atoms with Gasteiger partial charge in [0.25, 0.3) is 11.8 Å². The molecule has 4 heterocycles. The topological polar surface area (TPSA) is 102 Å². The number of hydrogen-bond donors (Lipinski definition) is 1. The van der Waals surface area contributed by atoms with E-state index in [4.69, 9.17) is 9.84 Å². The number of carbonyl (C=O) groups excluding carboxylic acids is 2. The molecule has 218 valence electrons. The smallest absolute Gasteiger partial charge is 0.261 e. The Hall–Kier alpha value is -4.33. The van der Waals surface area contributed by atoms with E-state index in [-0.39, 0.29) is 36.0 Å². The molecular weight excluding hydrogens is 608 g/mol. The summed E-state index contributed by atoms with van der Waals surface area (Å²) in [5.74, 6) is 0.304. The van der Waals surface area contributed by atoms with Gasteiger partial charge in [0.15, 0.2) is 11.0 Å². The fourth-order valence-corrected chi connectivity index (χ4v) is 6.87. The van der Waals surface area contributed by atoms with E-state index in [1.807, 2.05) is 53.2 Å². The minimum absolute atomic E-state index is 0.0216. The zero-order valence-electron chi connectivity index (χ0n) is 22.8. The summed E-state index contributed by atoms with van der Waals surface area (Å²) in [5.41, 5.74) is 2.29. The number of thioether (sulfide) groups is 1. The number of hydrazone groups is 1. The molecule has 2 aromatic carbocycles. The number of amides is 2. The average Bonchev–Trinajstić information content (AvgIpc) is 3.85. The van der Waals surface area contributed by atoms with Crippen molar-refractivity contribution >= 4 is 52.0 Å². The van der Waals surface area contributed by atoms with Gasteiger partial charge >= 0.3 is 0 Å². The fraction of sp³-hybridized carbons (Fsp3) is 0.167. The third-order valence-electron chi connectivity index (χ3n) is 6.73. The van der Waals surface area contributed by atoms with E-state index in [2.05, 4.69) is 15.5 Å². The van der Waals surface area contributed by atoms with Crippen LogP contribution in [0.25, 0.3) is 5.69 Å². The van der Waals surface area contributed by atoms with Crippen LogP contribution in [-0.4, -0.2) is 50.2 Å². The number of para-hydroxylation sites is 2. The van der Waals surface area contributed by atoms with Gasteiger partial charge in [0.2, 0.25) is 0 Å². The molecule has 0 spiro atoms. The molecule has 6 rings (SSSR count). The highest BCUT2D eigenvalue weighted by Gasteiger charge is 2.34. The Morgan fingerprint density at radius 1 is 1.02 bits per heavy atom. The second-order valence-corrected chi connectivity index (χ2v) is 12.2. The van der Waals surface area contributed by atoms with Crippen LogP contribution in [0, 0.1) is 5.82 Å². The van der Waals surface area contributed by atoms with E-state index in [0.717, 1.165) is 16.2 Å². The van der Waals surface area contributed by atoms with Crippen molar-refractivity contribution in [2.75, 3.05) is 12.9 Å². The lowest BCUT2D eigenvalue weighted by molar-refractivity contribution is -0.130. The number of rotatable bonds is 10. The number of halogens is 1. The minimum atomic E-state index is -0.360. The number of ether oxygens (including phenoxy) is 1. The Balaban J connectivity index is 1.26. The maximum Gasteiger partial charge on any atom is 0.261 e. The van der Waals surface area contributed by atoms with Crippen LogP contribution < -0.4 is 10.1 Å². The fourth-order valence-electron chi connectivity index (χ4n) is 4.69. The zero-order chi connectivity index (χ0) is 29.8. The third kappa shape index (κ3) is 6.24. The molecule has 9 nitrogen and oxygen atoms in total. The first-order chi connectivity index (χ1) is 21.0. The molecule has 0 saturated carbocycles. The maximum atomic E-state index is 13.7. The highest BCUT2D eigenvalue weighted by molar-refractivity contribution is 7.99. The molecule has 2 amide bonds. The average molecular weight is 633 g/mol. The van der Waals surface area contributed by atoms with Gasteiger partial charge in [0, 0.05) is 6.42 Å². The van der Waals surface area contributed by atoms with Crippen molar-refractivity contribution in [1.82, 2.24) is 25.1 Å². The number of methoxy groups -OCH3 is 1. The number of aromatic nitrogens is 3. The molecule has 43 heavy (non-hydrogen) atoms. The van der Waals surface area contributed by atoms with Crippen molar-refractivity contribution in [2.24, 2.45) is 5.10 Å².